The molecule has 0 bridgehead atoms. The number of aliphatic imine (C=N–C) groups is 1. The van der Waals surface area contributed by atoms with E-state index in [0.717, 1.165) is 16.8 Å². The first-order valence-corrected chi connectivity index (χ1v) is 8.91. The second kappa shape index (κ2) is 9.03. The van der Waals surface area contributed by atoms with Crippen molar-refractivity contribution >= 4 is 5.96 Å². The molecule has 2 aromatic carbocycles. The van der Waals surface area contributed by atoms with E-state index in [2.05, 4.69) is 20.6 Å². The van der Waals surface area contributed by atoms with Gasteiger partial charge in [-0.1, -0.05) is 24.3 Å². The summed E-state index contributed by atoms with van der Waals surface area (Å²) in [6, 6.07) is 14.4. The zero-order valence-electron chi connectivity index (χ0n) is 16.1. The van der Waals surface area contributed by atoms with Gasteiger partial charge in [-0.25, -0.2) is 9.37 Å². The lowest BCUT2D eigenvalue weighted by Crippen LogP contribution is -2.38. The van der Waals surface area contributed by atoms with Gasteiger partial charge in [0.05, 0.1) is 25.4 Å². The first kappa shape index (κ1) is 19.4. The Bertz CT molecular complexity index is 941. The van der Waals surface area contributed by atoms with Crippen LogP contribution in [0.3, 0.4) is 0 Å². The van der Waals surface area contributed by atoms with E-state index in [9.17, 15) is 4.39 Å². The fourth-order valence-corrected chi connectivity index (χ4v) is 2.71. The number of methoxy groups -OCH3 is 1. The van der Waals surface area contributed by atoms with Gasteiger partial charge in [0.1, 0.15) is 6.26 Å². The van der Waals surface area contributed by atoms with Crippen LogP contribution in [0.5, 0.6) is 5.75 Å². The average molecular weight is 382 g/mol. The minimum Gasteiger partial charge on any atom is -0.494 e. The van der Waals surface area contributed by atoms with Gasteiger partial charge in [0.25, 0.3) is 0 Å². The third-order valence-electron chi connectivity index (χ3n) is 4.26. The van der Waals surface area contributed by atoms with Gasteiger partial charge in [0.15, 0.2) is 17.5 Å². The summed E-state index contributed by atoms with van der Waals surface area (Å²) in [5, 5.41) is 6.42. The summed E-state index contributed by atoms with van der Waals surface area (Å²) in [5.41, 5.74) is 2.46. The molecule has 0 spiro atoms. The molecule has 0 aliphatic carbocycles. The number of halogens is 1. The van der Waals surface area contributed by atoms with E-state index >= 15 is 0 Å². The average Bonchev–Trinajstić information content (AvgIpc) is 3.20. The number of oxazole rings is 1. The van der Waals surface area contributed by atoms with Gasteiger partial charge in [-0.2, -0.15) is 0 Å². The van der Waals surface area contributed by atoms with Crippen LogP contribution < -0.4 is 15.4 Å². The van der Waals surface area contributed by atoms with E-state index in [-0.39, 0.29) is 11.8 Å². The molecule has 0 aliphatic rings. The van der Waals surface area contributed by atoms with Gasteiger partial charge in [-0.15, -0.1) is 0 Å². The number of nitrogens with zero attached hydrogens (tertiary/aromatic N) is 2. The normalized spacial score (nSPS) is 12.5. The van der Waals surface area contributed by atoms with Crippen LogP contribution in [-0.2, 0) is 6.54 Å². The molecule has 0 aliphatic heterocycles. The molecule has 28 heavy (non-hydrogen) atoms. The number of nitrogens with one attached hydrogen (secondary N) is 2. The lowest BCUT2D eigenvalue weighted by molar-refractivity contribution is 0.386. The molecular formula is C21H23FN4O2. The number of guanidine groups is 1. The largest absolute Gasteiger partial charge is 0.494 e. The van der Waals surface area contributed by atoms with Gasteiger partial charge < -0.3 is 19.8 Å². The fraction of sp³-hybridized carbons (Fsp3) is 0.238. The van der Waals surface area contributed by atoms with Crippen LogP contribution in [0.1, 0.15) is 24.2 Å². The molecule has 0 radical (unpaired) electrons. The Morgan fingerprint density at radius 3 is 2.71 bits per heavy atom. The zero-order chi connectivity index (χ0) is 19.9. The maximum Gasteiger partial charge on any atom is 0.226 e. The van der Waals surface area contributed by atoms with Crippen LogP contribution in [0, 0.1) is 5.82 Å². The molecule has 1 atom stereocenters. The molecule has 1 unspecified atom stereocenters. The van der Waals surface area contributed by atoms with E-state index in [1.807, 2.05) is 43.3 Å². The lowest BCUT2D eigenvalue weighted by atomic mass is 10.1. The highest BCUT2D eigenvalue weighted by Crippen LogP contribution is 2.22. The van der Waals surface area contributed by atoms with Crippen LogP contribution in [0.15, 0.2) is 64.2 Å². The molecule has 146 valence electrons. The van der Waals surface area contributed by atoms with Crippen molar-refractivity contribution in [3.8, 4) is 17.2 Å². The number of rotatable bonds is 6. The van der Waals surface area contributed by atoms with Crippen LogP contribution in [-0.4, -0.2) is 25.1 Å². The zero-order valence-corrected chi connectivity index (χ0v) is 16.1. The molecule has 1 heterocycles. The third-order valence-corrected chi connectivity index (χ3v) is 4.26. The summed E-state index contributed by atoms with van der Waals surface area (Å²) < 4.78 is 24.4. The van der Waals surface area contributed by atoms with Crippen molar-refractivity contribution in [2.75, 3.05) is 14.2 Å². The van der Waals surface area contributed by atoms with Crippen molar-refractivity contribution < 1.29 is 13.5 Å². The fourth-order valence-electron chi connectivity index (χ4n) is 2.71. The van der Waals surface area contributed by atoms with Crippen molar-refractivity contribution in [3.05, 3.63) is 71.9 Å². The van der Waals surface area contributed by atoms with Gasteiger partial charge in [0, 0.05) is 12.6 Å². The van der Waals surface area contributed by atoms with E-state index in [1.165, 1.54) is 13.2 Å². The van der Waals surface area contributed by atoms with E-state index in [0.29, 0.717) is 18.4 Å². The molecule has 3 aromatic rings. The van der Waals surface area contributed by atoms with Gasteiger partial charge in [-0.05, 0) is 36.8 Å². The number of hydrogen-bond acceptors (Lipinski definition) is 4. The summed E-state index contributed by atoms with van der Waals surface area (Å²) >= 11 is 0. The second-order valence-electron chi connectivity index (χ2n) is 6.20. The maximum atomic E-state index is 13.9. The summed E-state index contributed by atoms with van der Waals surface area (Å²) in [6.07, 6.45) is 1.62. The molecule has 0 amide bonds. The summed E-state index contributed by atoms with van der Waals surface area (Å²) in [4.78, 5) is 8.69. The number of aromatic nitrogens is 1. The molecule has 3 rings (SSSR count). The lowest BCUT2D eigenvalue weighted by Gasteiger charge is -2.18. The first-order chi connectivity index (χ1) is 13.6. The predicted octanol–water partition coefficient (Wildman–Crippen LogP) is 3.92. The monoisotopic (exact) mass is 382 g/mol. The van der Waals surface area contributed by atoms with Crippen molar-refractivity contribution in [1.29, 1.82) is 0 Å². The van der Waals surface area contributed by atoms with Crippen molar-refractivity contribution in [1.82, 2.24) is 15.6 Å². The molecular weight excluding hydrogens is 359 g/mol. The minimum absolute atomic E-state index is 0.149. The molecule has 0 fully saturated rings. The Kier molecular flexibility index (Phi) is 6.26. The number of benzene rings is 2. The van der Waals surface area contributed by atoms with Gasteiger partial charge in [-0.3, -0.25) is 4.99 Å². The standard InChI is InChI=1S/C21H23FN4O2/c1-14(16-9-10-19(27-3)18(22)11-16)25-21(23-2)24-12-17-13-28-20(26-17)15-7-5-4-6-8-15/h4-11,13-14H,12H2,1-3H3,(H2,23,24,25). The van der Waals surface area contributed by atoms with Gasteiger partial charge >= 0.3 is 0 Å². The van der Waals surface area contributed by atoms with Crippen molar-refractivity contribution in [3.63, 3.8) is 0 Å². The molecule has 0 saturated heterocycles. The first-order valence-electron chi connectivity index (χ1n) is 8.91. The molecule has 2 N–H and O–H groups in total. The van der Waals surface area contributed by atoms with E-state index in [4.69, 9.17) is 9.15 Å². The molecule has 6 nitrogen and oxygen atoms in total. The second-order valence-corrected chi connectivity index (χ2v) is 6.20. The molecule has 1 aromatic heterocycles. The summed E-state index contributed by atoms with van der Waals surface area (Å²) in [7, 11) is 3.12. The van der Waals surface area contributed by atoms with Crippen molar-refractivity contribution in [2.45, 2.75) is 19.5 Å². The number of ether oxygens (including phenoxy) is 1. The molecule has 7 heteroatoms. The van der Waals surface area contributed by atoms with Crippen LogP contribution >= 0.6 is 0 Å². The van der Waals surface area contributed by atoms with Crippen LogP contribution in [0.4, 0.5) is 4.39 Å². The topological polar surface area (TPSA) is 71.7 Å². The third kappa shape index (κ3) is 4.68. The number of hydrogen-bond donors (Lipinski definition) is 2. The Morgan fingerprint density at radius 1 is 1.25 bits per heavy atom. The summed E-state index contributed by atoms with van der Waals surface area (Å²) in [6.45, 7) is 2.37. The predicted molar refractivity (Wildman–Crippen MR) is 107 cm³/mol. The Hall–Kier alpha value is -3.35. The van der Waals surface area contributed by atoms with Crippen LogP contribution in [0.25, 0.3) is 11.5 Å². The minimum atomic E-state index is -0.396. The Balaban J connectivity index is 1.59. The van der Waals surface area contributed by atoms with E-state index in [1.54, 1.807) is 19.4 Å². The Morgan fingerprint density at radius 2 is 2.04 bits per heavy atom. The SMILES string of the molecule is CN=C(NCc1coc(-c2ccccc2)n1)NC(C)c1ccc(OC)c(F)c1. The highest BCUT2D eigenvalue weighted by Gasteiger charge is 2.12. The maximum absolute atomic E-state index is 13.9. The van der Waals surface area contributed by atoms with Crippen molar-refractivity contribution in [2.24, 2.45) is 4.99 Å². The smallest absolute Gasteiger partial charge is 0.226 e. The van der Waals surface area contributed by atoms with Crippen LogP contribution in [0.2, 0.25) is 0 Å². The summed E-state index contributed by atoms with van der Waals surface area (Å²) in [5.74, 6) is 0.974. The Labute approximate surface area is 163 Å². The quantitative estimate of drug-likeness (QED) is 0.499. The van der Waals surface area contributed by atoms with E-state index < -0.39 is 5.82 Å². The molecule has 0 saturated carbocycles. The highest BCUT2D eigenvalue weighted by molar-refractivity contribution is 5.80. The highest BCUT2D eigenvalue weighted by atomic mass is 19.1. The van der Waals surface area contributed by atoms with Gasteiger partial charge in [0.2, 0.25) is 5.89 Å².